The van der Waals surface area contributed by atoms with E-state index in [9.17, 15) is 9.59 Å². The molecular formula is C24H20ClN7O2. The summed E-state index contributed by atoms with van der Waals surface area (Å²) in [5.41, 5.74) is 2.43. The summed E-state index contributed by atoms with van der Waals surface area (Å²) in [5.74, 6) is 0.412. The molecule has 0 bridgehead atoms. The quantitative estimate of drug-likeness (QED) is 0.389. The van der Waals surface area contributed by atoms with E-state index in [0.29, 0.717) is 46.1 Å². The van der Waals surface area contributed by atoms with Crippen LogP contribution in [0.5, 0.6) is 0 Å². The molecule has 3 heterocycles. The van der Waals surface area contributed by atoms with Crippen molar-refractivity contribution in [2.45, 2.75) is 19.8 Å². The minimum absolute atomic E-state index is 0.166. The van der Waals surface area contributed by atoms with Gasteiger partial charge in [0.15, 0.2) is 5.65 Å². The molecule has 0 fully saturated rings. The van der Waals surface area contributed by atoms with Crippen LogP contribution in [0, 0.1) is 6.92 Å². The average Bonchev–Trinajstić information content (AvgIpc) is 3.42. The lowest BCUT2D eigenvalue weighted by atomic mass is 10.1. The Labute approximate surface area is 199 Å². The van der Waals surface area contributed by atoms with Crippen molar-refractivity contribution >= 4 is 34.4 Å². The summed E-state index contributed by atoms with van der Waals surface area (Å²) in [6.45, 7) is 1.80. The Hall–Kier alpha value is -4.24. The minimum Gasteiger partial charge on any atom is -0.310 e. The largest absolute Gasteiger partial charge is 0.310 e. The van der Waals surface area contributed by atoms with Crippen LogP contribution in [-0.2, 0) is 11.2 Å². The Morgan fingerprint density at radius 3 is 2.62 bits per heavy atom. The second kappa shape index (κ2) is 8.95. The molecule has 0 aliphatic heterocycles. The van der Waals surface area contributed by atoms with Gasteiger partial charge in [0.25, 0.3) is 5.56 Å². The monoisotopic (exact) mass is 473 g/mol. The van der Waals surface area contributed by atoms with Crippen LogP contribution in [0.25, 0.3) is 22.7 Å². The predicted molar refractivity (Wildman–Crippen MR) is 130 cm³/mol. The van der Waals surface area contributed by atoms with Gasteiger partial charge in [-0.3, -0.25) is 14.6 Å². The smallest absolute Gasteiger partial charge is 0.263 e. The zero-order valence-corrected chi connectivity index (χ0v) is 19.0. The van der Waals surface area contributed by atoms with E-state index in [1.807, 2.05) is 30.3 Å². The molecule has 2 N–H and O–H groups in total. The van der Waals surface area contributed by atoms with Gasteiger partial charge in [0, 0.05) is 17.5 Å². The van der Waals surface area contributed by atoms with Crippen LogP contribution in [0.15, 0.2) is 71.7 Å². The number of rotatable bonds is 6. The number of aromatic nitrogens is 6. The second-order valence-electron chi connectivity index (χ2n) is 7.78. The van der Waals surface area contributed by atoms with E-state index in [2.05, 4.69) is 25.5 Å². The van der Waals surface area contributed by atoms with Crippen LogP contribution >= 0.6 is 11.6 Å². The van der Waals surface area contributed by atoms with Gasteiger partial charge in [-0.25, -0.2) is 4.68 Å². The number of hydrogen-bond donors (Lipinski definition) is 2. The molecule has 5 rings (SSSR count). The zero-order valence-electron chi connectivity index (χ0n) is 18.2. The molecular weight excluding hydrogens is 454 g/mol. The number of carbonyl (C=O) groups excluding carboxylic acids is 1. The van der Waals surface area contributed by atoms with E-state index in [1.165, 1.54) is 10.9 Å². The van der Waals surface area contributed by atoms with E-state index in [-0.39, 0.29) is 17.4 Å². The Bertz CT molecular complexity index is 1540. The van der Waals surface area contributed by atoms with Crippen molar-refractivity contribution in [2.75, 3.05) is 5.32 Å². The van der Waals surface area contributed by atoms with Gasteiger partial charge in [0.2, 0.25) is 11.9 Å². The molecule has 0 radical (unpaired) electrons. The van der Waals surface area contributed by atoms with Crippen LogP contribution in [-0.4, -0.2) is 35.4 Å². The number of carbonyl (C=O) groups is 1. The van der Waals surface area contributed by atoms with Gasteiger partial charge in [-0.15, -0.1) is 0 Å². The number of fused-ring (bicyclic) bond motifs is 1. The van der Waals surface area contributed by atoms with Crippen molar-refractivity contribution in [2.24, 2.45) is 0 Å². The molecule has 0 unspecified atom stereocenters. The van der Waals surface area contributed by atoms with E-state index >= 15 is 0 Å². The Kier molecular flexibility index (Phi) is 5.69. The van der Waals surface area contributed by atoms with Gasteiger partial charge in [-0.2, -0.15) is 19.9 Å². The number of anilines is 1. The molecule has 0 atom stereocenters. The predicted octanol–water partition coefficient (Wildman–Crippen LogP) is 3.83. The van der Waals surface area contributed by atoms with E-state index < -0.39 is 0 Å². The molecule has 3 aromatic heterocycles. The molecule has 9 nitrogen and oxygen atoms in total. The number of halogens is 1. The summed E-state index contributed by atoms with van der Waals surface area (Å²) in [5, 5.41) is 12.5. The Morgan fingerprint density at radius 2 is 1.85 bits per heavy atom. The highest BCUT2D eigenvalue weighted by Gasteiger charge is 2.17. The summed E-state index contributed by atoms with van der Waals surface area (Å²) in [4.78, 5) is 32.7. The fraction of sp³-hybridized carbons (Fsp3) is 0.125. The third-order valence-corrected chi connectivity index (χ3v) is 5.53. The lowest BCUT2D eigenvalue weighted by molar-refractivity contribution is -0.116. The van der Waals surface area contributed by atoms with Crippen molar-refractivity contribution in [1.82, 2.24) is 29.5 Å². The van der Waals surface area contributed by atoms with Gasteiger partial charge < -0.3 is 5.32 Å². The summed E-state index contributed by atoms with van der Waals surface area (Å²) < 4.78 is 2.97. The van der Waals surface area contributed by atoms with Crippen molar-refractivity contribution in [3.05, 3.63) is 93.5 Å². The van der Waals surface area contributed by atoms with Crippen molar-refractivity contribution in [3.8, 4) is 11.6 Å². The first kappa shape index (κ1) is 21.6. The van der Waals surface area contributed by atoms with Crippen molar-refractivity contribution in [3.63, 3.8) is 0 Å². The number of benzene rings is 2. The molecule has 2 aromatic carbocycles. The molecule has 0 aliphatic carbocycles. The first-order chi connectivity index (χ1) is 16.5. The summed E-state index contributed by atoms with van der Waals surface area (Å²) in [6, 6.07) is 18.6. The van der Waals surface area contributed by atoms with Gasteiger partial charge >= 0.3 is 0 Å². The molecule has 5 aromatic rings. The lowest BCUT2D eigenvalue weighted by Crippen LogP contribution is -2.19. The van der Waals surface area contributed by atoms with Crippen molar-refractivity contribution in [1.29, 1.82) is 0 Å². The number of nitrogens with zero attached hydrogens (tertiary/aromatic N) is 5. The summed E-state index contributed by atoms with van der Waals surface area (Å²) >= 11 is 5.99. The first-order valence-corrected chi connectivity index (χ1v) is 11.0. The molecule has 0 saturated heterocycles. The van der Waals surface area contributed by atoms with Crippen molar-refractivity contribution < 1.29 is 4.79 Å². The number of hydrogen-bond acceptors (Lipinski definition) is 5. The van der Waals surface area contributed by atoms with Crippen LogP contribution in [0.4, 0.5) is 5.82 Å². The lowest BCUT2D eigenvalue weighted by Gasteiger charge is -2.09. The fourth-order valence-corrected chi connectivity index (χ4v) is 3.76. The van der Waals surface area contributed by atoms with Crippen LogP contribution in [0.3, 0.4) is 0 Å². The zero-order chi connectivity index (χ0) is 23.7. The Morgan fingerprint density at radius 1 is 1.09 bits per heavy atom. The van der Waals surface area contributed by atoms with Gasteiger partial charge in [0.05, 0.1) is 17.6 Å². The highest BCUT2D eigenvalue weighted by molar-refractivity contribution is 6.30. The maximum absolute atomic E-state index is 12.8. The number of H-pyrrole nitrogens is 1. The molecule has 0 aliphatic rings. The molecule has 10 heteroatoms. The maximum atomic E-state index is 12.8. The van der Waals surface area contributed by atoms with Crippen LogP contribution in [0.1, 0.15) is 17.7 Å². The molecule has 34 heavy (non-hydrogen) atoms. The molecule has 0 spiro atoms. The average molecular weight is 474 g/mol. The topological polar surface area (TPSA) is 110 Å². The highest BCUT2D eigenvalue weighted by atomic mass is 35.5. The normalized spacial score (nSPS) is 11.1. The van der Waals surface area contributed by atoms with E-state index in [4.69, 9.17) is 11.6 Å². The van der Waals surface area contributed by atoms with E-state index in [0.717, 1.165) is 5.56 Å². The third-order valence-electron chi connectivity index (χ3n) is 5.28. The number of nitrogens with one attached hydrogen (secondary N) is 2. The molecule has 1 amide bonds. The van der Waals surface area contributed by atoms with Gasteiger partial charge in [0.1, 0.15) is 11.2 Å². The standard InChI is InChI=1S/C24H20ClN7O2/c1-15-13-20(27-21(33)12-7-16-5-3-2-4-6-16)32(30-15)24-28-22-19(23(34)29-24)14-26-31(22)18-10-8-17(25)9-11-18/h2-6,8-11,13-14H,7,12H2,1H3,(H,27,33)(H,28,29,34). The summed E-state index contributed by atoms with van der Waals surface area (Å²) in [7, 11) is 0. The van der Waals surface area contributed by atoms with Gasteiger partial charge in [-0.05, 0) is 43.2 Å². The SMILES string of the molecule is Cc1cc(NC(=O)CCc2ccccc2)n(-c2nc3c(cnn3-c3ccc(Cl)cc3)c(=O)[nH]2)n1. The number of aromatic amines is 1. The maximum Gasteiger partial charge on any atom is 0.263 e. The molecule has 170 valence electrons. The minimum atomic E-state index is -0.366. The fourth-order valence-electron chi connectivity index (χ4n) is 3.64. The first-order valence-electron chi connectivity index (χ1n) is 10.6. The molecule has 0 saturated carbocycles. The number of aryl methyl sites for hydroxylation is 2. The summed E-state index contributed by atoms with van der Waals surface area (Å²) in [6.07, 6.45) is 2.38. The van der Waals surface area contributed by atoms with Crippen LogP contribution < -0.4 is 10.9 Å². The third kappa shape index (κ3) is 4.33. The van der Waals surface area contributed by atoms with E-state index in [1.54, 1.807) is 41.9 Å². The highest BCUT2D eigenvalue weighted by Crippen LogP contribution is 2.19. The second-order valence-corrected chi connectivity index (χ2v) is 8.21. The Balaban J connectivity index is 1.47. The van der Waals surface area contributed by atoms with Crippen LogP contribution in [0.2, 0.25) is 5.02 Å². The number of amides is 1. The van der Waals surface area contributed by atoms with Gasteiger partial charge in [-0.1, -0.05) is 41.9 Å².